The number of fused-ring (bicyclic) bond motifs is 6. The van der Waals surface area contributed by atoms with Crippen LogP contribution in [0.5, 0.6) is 0 Å². The minimum Gasteiger partial charge on any atom is -0.330 e. The highest BCUT2D eigenvalue weighted by atomic mass is 14.7. The second-order valence-electron chi connectivity index (χ2n) is 5.95. The molecule has 0 bridgehead atoms. The van der Waals surface area contributed by atoms with Crippen LogP contribution in [-0.4, -0.2) is 6.54 Å². The Morgan fingerprint density at radius 3 is 2.46 bits per heavy atom. The van der Waals surface area contributed by atoms with Gasteiger partial charge in [-0.05, 0) is 73.7 Å². The quantitative estimate of drug-likeness (QED) is 0.650. The van der Waals surface area contributed by atoms with Crippen LogP contribution in [0.2, 0.25) is 0 Å². The van der Waals surface area contributed by atoms with Crippen molar-refractivity contribution in [2.45, 2.75) is 25.7 Å². The summed E-state index contributed by atoms with van der Waals surface area (Å²) in [5.74, 6) is 7.86. The SMILES string of the molecule is NCC1CC2C1C1CC3CCC3C12. The average molecular weight is 177 g/mol. The van der Waals surface area contributed by atoms with Crippen molar-refractivity contribution < 1.29 is 0 Å². The van der Waals surface area contributed by atoms with Crippen molar-refractivity contribution in [3.8, 4) is 0 Å². The van der Waals surface area contributed by atoms with Crippen molar-refractivity contribution in [1.82, 2.24) is 0 Å². The van der Waals surface area contributed by atoms with Gasteiger partial charge < -0.3 is 5.73 Å². The maximum Gasteiger partial charge on any atom is -0.00459 e. The first-order chi connectivity index (χ1) is 6.40. The Kier molecular flexibility index (Phi) is 1.19. The first kappa shape index (κ1) is 7.28. The van der Waals surface area contributed by atoms with Crippen LogP contribution in [0, 0.1) is 41.4 Å². The van der Waals surface area contributed by atoms with E-state index in [2.05, 4.69) is 0 Å². The van der Waals surface area contributed by atoms with Crippen molar-refractivity contribution in [1.29, 1.82) is 0 Å². The highest BCUT2D eigenvalue weighted by Gasteiger charge is 2.67. The summed E-state index contributed by atoms with van der Waals surface area (Å²) in [6.45, 7) is 0.972. The smallest absolute Gasteiger partial charge is 0.00459 e. The van der Waals surface area contributed by atoms with Gasteiger partial charge >= 0.3 is 0 Å². The molecule has 7 atom stereocenters. The second kappa shape index (κ2) is 2.13. The van der Waals surface area contributed by atoms with Crippen LogP contribution in [0.1, 0.15) is 25.7 Å². The van der Waals surface area contributed by atoms with Gasteiger partial charge in [-0.2, -0.15) is 0 Å². The molecule has 0 aromatic carbocycles. The molecular formula is C12H19N. The van der Waals surface area contributed by atoms with Crippen LogP contribution in [0.4, 0.5) is 0 Å². The van der Waals surface area contributed by atoms with Gasteiger partial charge in [-0.1, -0.05) is 0 Å². The van der Waals surface area contributed by atoms with E-state index in [1.807, 2.05) is 0 Å². The molecule has 7 unspecified atom stereocenters. The van der Waals surface area contributed by atoms with Gasteiger partial charge in [0.15, 0.2) is 0 Å². The van der Waals surface area contributed by atoms with E-state index >= 15 is 0 Å². The molecule has 0 heterocycles. The summed E-state index contributed by atoms with van der Waals surface area (Å²) < 4.78 is 0. The number of rotatable bonds is 1. The van der Waals surface area contributed by atoms with E-state index in [1.165, 1.54) is 24.2 Å². The summed E-state index contributed by atoms with van der Waals surface area (Å²) in [7, 11) is 0. The van der Waals surface area contributed by atoms with E-state index < -0.39 is 0 Å². The van der Waals surface area contributed by atoms with Crippen LogP contribution in [0.3, 0.4) is 0 Å². The topological polar surface area (TPSA) is 26.0 Å². The third kappa shape index (κ3) is 0.643. The minimum atomic E-state index is 0.934. The summed E-state index contributed by atoms with van der Waals surface area (Å²) in [5, 5.41) is 0. The van der Waals surface area contributed by atoms with Crippen LogP contribution in [0.15, 0.2) is 0 Å². The lowest BCUT2D eigenvalue weighted by atomic mass is 9.42. The molecule has 1 nitrogen and oxygen atoms in total. The summed E-state index contributed by atoms with van der Waals surface area (Å²) in [6, 6.07) is 0. The average Bonchev–Trinajstić information content (AvgIpc) is 2.25. The predicted molar refractivity (Wildman–Crippen MR) is 52.0 cm³/mol. The van der Waals surface area contributed by atoms with E-state index in [1.54, 1.807) is 19.3 Å². The zero-order valence-corrected chi connectivity index (χ0v) is 8.15. The van der Waals surface area contributed by atoms with Crippen LogP contribution in [0.25, 0.3) is 0 Å². The summed E-state index contributed by atoms with van der Waals surface area (Å²) >= 11 is 0. The Labute approximate surface area is 80.1 Å². The fourth-order valence-corrected chi connectivity index (χ4v) is 5.27. The Morgan fingerprint density at radius 1 is 0.923 bits per heavy atom. The molecule has 4 saturated carbocycles. The summed E-state index contributed by atoms with van der Waals surface area (Å²) in [6.07, 6.45) is 6.21. The maximum absolute atomic E-state index is 5.79. The maximum atomic E-state index is 5.79. The van der Waals surface area contributed by atoms with E-state index in [-0.39, 0.29) is 0 Å². The fraction of sp³-hybridized carbons (Fsp3) is 1.00. The lowest BCUT2D eigenvalue weighted by Crippen LogP contribution is -2.60. The molecule has 13 heavy (non-hydrogen) atoms. The Balaban J connectivity index is 1.57. The summed E-state index contributed by atoms with van der Waals surface area (Å²) in [4.78, 5) is 0. The van der Waals surface area contributed by atoms with E-state index in [0.717, 1.165) is 30.2 Å². The number of nitrogens with two attached hydrogens (primary N) is 1. The minimum absolute atomic E-state index is 0.934. The molecule has 0 aromatic heterocycles. The first-order valence-electron chi connectivity index (χ1n) is 6.10. The van der Waals surface area contributed by atoms with Gasteiger partial charge in [0, 0.05) is 0 Å². The molecule has 0 aromatic rings. The second-order valence-corrected chi connectivity index (χ2v) is 5.95. The summed E-state index contributed by atoms with van der Waals surface area (Å²) in [5.41, 5.74) is 5.79. The molecule has 0 spiro atoms. The van der Waals surface area contributed by atoms with Crippen molar-refractivity contribution in [3.63, 3.8) is 0 Å². The van der Waals surface area contributed by atoms with Gasteiger partial charge in [0.25, 0.3) is 0 Å². The van der Waals surface area contributed by atoms with Crippen molar-refractivity contribution in [2.75, 3.05) is 6.54 Å². The van der Waals surface area contributed by atoms with Crippen molar-refractivity contribution >= 4 is 0 Å². The van der Waals surface area contributed by atoms with E-state index in [0.29, 0.717) is 0 Å². The largest absolute Gasteiger partial charge is 0.330 e. The molecule has 2 N–H and O–H groups in total. The third-order valence-corrected chi connectivity index (χ3v) is 5.95. The Hall–Kier alpha value is -0.0400. The standard InChI is InChI=1S/C12H19N/c13-5-7-4-10-11(7)9-3-6-1-2-8(6)12(9)10/h6-12H,1-5,13H2. The number of hydrogen-bond acceptors (Lipinski definition) is 1. The monoisotopic (exact) mass is 177 g/mol. The highest BCUT2D eigenvalue weighted by molar-refractivity contribution is 5.15. The molecule has 4 rings (SSSR count). The van der Waals surface area contributed by atoms with Crippen molar-refractivity contribution in [3.05, 3.63) is 0 Å². The molecule has 4 fully saturated rings. The highest BCUT2D eigenvalue weighted by Crippen LogP contribution is 2.73. The van der Waals surface area contributed by atoms with Gasteiger partial charge in [0.2, 0.25) is 0 Å². The molecule has 0 amide bonds. The zero-order valence-electron chi connectivity index (χ0n) is 8.15. The third-order valence-electron chi connectivity index (χ3n) is 5.95. The molecule has 0 saturated heterocycles. The normalized spacial score (nSPS) is 66.7. The van der Waals surface area contributed by atoms with Crippen LogP contribution >= 0.6 is 0 Å². The van der Waals surface area contributed by atoms with Gasteiger partial charge in [-0.25, -0.2) is 0 Å². The molecule has 4 aliphatic carbocycles. The molecule has 1 heteroatoms. The molecule has 0 radical (unpaired) electrons. The lowest BCUT2D eigenvalue weighted by Gasteiger charge is -2.63. The van der Waals surface area contributed by atoms with E-state index in [4.69, 9.17) is 5.73 Å². The van der Waals surface area contributed by atoms with E-state index in [9.17, 15) is 0 Å². The predicted octanol–water partition coefficient (Wildman–Crippen LogP) is 1.87. The van der Waals surface area contributed by atoms with Gasteiger partial charge in [0.05, 0.1) is 0 Å². The number of hydrogen-bond donors (Lipinski definition) is 1. The first-order valence-corrected chi connectivity index (χ1v) is 6.10. The zero-order chi connectivity index (χ0) is 8.58. The van der Waals surface area contributed by atoms with Crippen molar-refractivity contribution in [2.24, 2.45) is 47.2 Å². The van der Waals surface area contributed by atoms with Crippen LogP contribution in [-0.2, 0) is 0 Å². The van der Waals surface area contributed by atoms with Gasteiger partial charge in [-0.15, -0.1) is 0 Å². The molecule has 4 aliphatic rings. The molecule has 0 aliphatic heterocycles. The molecule has 72 valence electrons. The molecular weight excluding hydrogens is 158 g/mol. The fourth-order valence-electron chi connectivity index (χ4n) is 5.27. The Bertz CT molecular complexity index is 250. The van der Waals surface area contributed by atoms with Crippen LogP contribution < -0.4 is 5.73 Å². The lowest BCUT2D eigenvalue weighted by molar-refractivity contribution is -0.150. The van der Waals surface area contributed by atoms with Gasteiger partial charge in [0.1, 0.15) is 0 Å². The van der Waals surface area contributed by atoms with Gasteiger partial charge in [-0.3, -0.25) is 0 Å². The Morgan fingerprint density at radius 2 is 1.77 bits per heavy atom.